The predicted molar refractivity (Wildman–Crippen MR) is 113 cm³/mol. The van der Waals surface area contributed by atoms with Crippen LogP contribution in [-0.4, -0.2) is 13.5 Å². The monoisotopic (exact) mass is 389 g/mol. The lowest BCUT2D eigenvalue weighted by atomic mass is 10.1. The van der Waals surface area contributed by atoms with Crippen LogP contribution >= 0.6 is 0 Å². The molecule has 0 amide bonds. The van der Waals surface area contributed by atoms with E-state index in [1.54, 1.807) is 54.6 Å². The highest BCUT2D eigenvalue weighted by atomic mass is 32.2. The smallest absolute Gasteiger partial charge is 0.213 e. The average Bonchev–Trinajstić information content (AvgIpc) is 2.90. The van der Waals surface area contributed by atoms with Gasteiger partial charge < -0.3 is 10.4 Å². The van der Waals surface area contributed by atoms with Crippen LogP contribution in [0.4, 0.5) is 5.69 Å². The molecule has 28 heavy (non-hydrogen) atoms. The van der Waals surface area contributed by atoms with Crippen LogP contribution in [0.25, 0.3) is 9.81 Å². The average molecular weight is 389 g/mol. The van der Waals surface area contributed by atoms with Gasteiger partial charge in [-0.25, -0.2) is 8.42 Å². The van der Waals surface area contributed by atoms with Gasteiger partial charge in [0, 0.05) is 5.69 Å². The van der Waals surface area contributed by atoms with Crippen molar-refractivity contribution in [2.75, 3.05) is 5.32 Å². The predicted octanol–water partition coefficient (Wildman–Crippen LogP) is 5.13. The van der Waals surface area contributed by atoms with Crippen LogP contribution < -0.4 is 5.32 Å². The molecule has 140 valence electrons. The molecule has 0 radical (unpaired) electrons. The largest absolute Gasteiger partial charge is 0.504 e. The molecule has 4 nitrogen and oxygen atoms in total. The highest BCUT2D eigenvalue weighted by molar-refractivity contribution is 8.09. The minimum absolute atomic E-state index is 0.0766. The molecule has 0 saturated heterocycles. The number of aliphatic hydroxyl groups is 1. The molecular formula is C23H19NO3S. The number of sulfone groups is 1. The molecule has 1 aliphatic heterocycles. The van der Waals surface area contributed by atoms with E-state index < -0.39 is 9.84 Å². The first-order valence-corrected chi connectivity index (χ1v) is 10.3. The first-order chi connectivity index (χ1) is 13.5. The second-order valence-corrected chi connectivity index (χ2v) is 8.38. The number of para-hydroxylation sites is 1. The molecule has 0 bridgehead atoms. The number of hydrogen-bond acceptors (Lipinski definition) is 4. The van der Waals surface area contributed by atoms with E-state index in [9.17, 15) is 13.5 Å². The molecule has 0 unspecified atom stereocenters. The molecule has 0 fully saturated rings. The van der Waals surface area contributed by atoms with Gasteiger partial charge >= 0.3 is 0 Å². The molecule has 1 aliphatic rings. The van der Waals surface area contributed by atoms with Crippen molar-refractivity contribution in [1.82, 2.24) is 0 Å². The third-order valence-electron chi connectivity index (χ3n) is 4.69. The maximum Gasteiger partial charge on any atom is 0.213 e. The molecule has 0 aromatic heterocycles. The summed E-state index contributed by atoms with van der Waals surface area (Å²) in [5.74, 6) is -0.270. The topological polar surface area (TPSA) is 66.4 Å². The van der Waals surface area contributed by atoms with Gasteiger partial charge in [-0.1, -0.05) is 78.9 Å². The molecule has 3 aromatic carbocycles. The Labute approximate surface area is 164 Å². The highest BCUT2D eigenvalue weighted by Gasteiger charge is 2.40. The van der Waals surface area contributed by atoms with Crippen LogP contribution in [-0.2, 0) is 9.84 Å². The van der Waals surface area contributed by atoms with Gasteiger partial charge in [0.1, 0.15) is 15.5 Å². The summed E-state index contributed by atoms with van der Waals surface area (Å²) < 4.78 is 26.9. The molecule has 3 aromatic rings. The normalized spacial score (nSPS) is 15.8. The molecule has 1 heterocycles. The summed E-state index contributed by atoms with van der Waals surface area (Å²) in [6.45, 7) is 1.92. The number of hydrogen-bond donors (Lipinski definition) is 2. The van der Waals surface area contributed by atoms with Crippen molar-refractivity contribution in [2.24, 2.45) is 0 Å². The van der Waals surface area contributed by atoms with Crippen LogP contribution in [0.3, 0.4) is 0 Å². The van der Waals surface area contributed by atoms with E-state index >= 15 is 0 Å². The first kappa shape index (κ1) is 18.1. The lowest BCUT2D eigenvalue weighted by Crippen LogP contribution is -2.06. The van der Waals surface area contributed by atoms with Crippen molar-refractivity contribution >= 4 is 25.3 Å². The zero-order chi connectivity index (χ0) is 19.7. The van der Waals surface area contributed by atoms with E-state index in [0.29, 0.717) is 11.1 Å². The van der Waals surface area contributed by atoms with E-state index in [-0.39, 0.29) is 21.3 Å². The molecule has 0 spiro atoms. The van der Waals surface area contributed by atoms with Gasteiger partial charge in [-0.05, 0) is 29.7 Å². The Morgan fingerprint density at radius 1 is 0.714 bits per heavy atom. The Kier molecular flexibility index (Phi) is 4.53. The molecule has 4 rings (SSSR count). The van der Waals surface area contributed by atoms with E-state index in [1.807, 2.05) is 37.3 Å². The van der Waals surface area contributed by atoms with Crippen LogP contribution in [0.1, 0.15) is 16.7 Å². The summed E-state index contributed by atoms with van der Waals surface area (Å²) in [7, 11) is -3.92. The van der Waals surface area contributed by atoms with Gasteiger partial charge in [-0.2, -0.15) is 0 Å². The number of aliphatic hydroxyl groups excluding tert-OH is 1. The fourth-order valence-corrected chi connectivity index (χ4v) is 5.19. The van der Waals surface area contributed by atoms with Gasteiger partial charge in [-0.15, -0.1) is 0 Å². The van der Waals surface area contributed by atoms with Crippen molar-refractivity contribution in [3.63, 3.8) is 0 Å². The number of benzene rings is 3. The van der Waals surface area contributed by atoms with E-state index in [4.69, 9.17) is 0 Å². The van der Waals surface area contributed by atoms with Crippen molar-refractivity contribution in [2.45, 2.75) is 6.92 Å². The number of rotatable bonds is 4. The SMILES string of the molecule is Cc1ccccc1NC1=C(c2ccccc2)S(=O)(=O)C(c2ccccc2)=C1O. The van der Waals surface area contributed by atoms with E-state index in [1.165, 1.54) is 0 Å². The minimum atomic E-state index is -3.92. The Hall–Kier alpha value is -3.31. The zero-order valence-corrected chi connectivity index (χ0v) is 16.1. The van der Waals surface area contributed by atoms with Gasteiger partial charge in [0.25, 0.3) is 0 Å². The minimum Gasteiger partial charge on any atom is -0.504 e. The molecular weight excluding hydrogens is 370 g/mol. The summed E-state index contributed by atoms with van der Waals surface area (Å²) in [5.41, 5.74) is 2.85. The Morgan fingerprint density at radius 2 is 1.21 bits per heavy atom. The molecule has 0 aliphatic carbocycles. The Bertz CT molecular complexity index is 1190. The fraction of sp³-hybridized carbons (Fsp3) is 0.0435. The van der Waals surface area contributed by atoms with Gasteiger partial charge in [-0.3, -0.25) is 0 Å². The number of nitrogens with one attached hydrogen (secondary N) is 1. The lowest BCUT2D eigenvalue weighted by molar-refractivity contribution is 0.430. The second kappa shape index (κ2) is 7.02. The van der Waals surface area contributed by atoms with Gasteiger partial charge in [0.2, 0.25) is 9.84 Å². The fourth-order valence-electron chi connectivity index (χ4n) is 3.32. The summed E-state index contributed by atoms with van der Waals surface area (Å²) in [4.78, 5) is -0.00394. The van der Waals surface area contributed by atoms with Gasteiger partial charge in [0.15, 0.2) is 5.76 Å². The zero-order valence-electron chi connectivity index (χ0n) is 15.3. The second-order valence-electron chi connectivity index (χ2n) is 6.56. The number of anilines is 1. The molecule has 0 saturated carbocycles. The van der Waals surface area contributed by atoms with Crippen molar-refractivity contribution < 1.29 is 13.5 Å². The van der Waals surface area contributed by atoms with Crippen LogP contribution in [0.15, 0.2) is 96.4 Å². The summed E-state index contributed by atoms with van der Waals surface area (Å²) in [6, 6.07) is 25.1. The van der Waals surface area contributed by atoms with Crippen molar-refractivity contribution in [1.29, 1.82) is 0 Å². The summed E-state index contributed by atoms with van der Waals surface area (Å²) >= 11 is 0. The first-order valence-electron chi connectivity index (χ1n) is 8.86. The standard InChI is InChI=1S/C23H19NO3S/c1-16-10-8-9-15-19(16)24-20-21(25)23(18-13-6-3-7-14-18)28(26,27)22(20)17-11-4-2-5-12-17/h2-15,24-25H,1H3. The Morgan fingerprint density at radius 3 is 1.79 bits per heavy atom. The quantitative estimate of drug-likeness (QED) is 0.649. The van der Waals surface area contributed by atoms with E-state index in [0.717, 1.165) is 11.3 Å². The molecule has 0 atom stereocenters. The van der Waals surface area contributed by atoms with Crippen LogP contribution in [0.5, 0.6) is 0 Å². The van der Waals surface area contributed by atoms with Crippen molar-refractivity contribution in [3.05, 3.63) is 113 Å². The molecule has 2 N–H and O–H groups in total. The van der Waals surface area contributed by atoms with Gasteiger partial charge in [0.05, 0.1) is 0 Å². The lowest BCUT2D eigenvalue weighted by Gasteiger charge is -2.13. The van der Waals surface area contributed by atoms with Crippen LogP contribution in [0.2, 0.25) is 0 Å². The van der Waals surface area contributed by atoms with E-state index in [2.05, 4.69) is 5.32 Å². The Balaban J connectivity index is 1.96. The third-order valence-corrected chi connectivity index (χ3v) is 6.64. The van der Waals surface area contributed by atoms with Crippen molar-refractivity contribution in [3.8, 4) is 0 Å². The summed E-state index contributed by atoms with van der Waals surface area (Å²) in [5, 5.41) is 14.2. The highest BCUT2D eigenvalue weighted by Crippen LogP contribution is 2.45. The molecule has 5 heteroatoms. The van der Waals surface area contributed by atoms with Crippen LogP contribution in [0, 0.1) is 6.92 Å². The maximum absolute atomic E-state index is 13.5. The summed E-state index contributed by atoms with van der Waals surface area (Å²) in [6.07, 6.45) is 0. The number of aryl methyl sites for hydroxylation is 1. The third kappa shape index (κ3) is 3.00. The maximum atomic E-state index is 13.5.